The van der Waals surface area contributed by atoms with Crippen LogP contribution in [0.4, 0.5) is 4.39 Å². The minimum absolute atomic E-state index is 0.0804. The van der Waals surface area contributed by atoms with E-state index in [1.807, 2.05) is 6.07 Å². The predicted molar refractivity (Wildman–Crippen MR) is 86.6 cm³/mol. The molecule has 0 amide bonds. The van der Waals surface area contributed by atoms with Gasteiger partial charge in [-0.05, 0) is 68.8 Å². The third-order valence-electron chi connectivity index (χ3n) is 5.00. The smallest absolute Gasteiger partial charge is 0.123 e. The minimum Gasteiger partial charge on any atom is -0.324 e. The van der Waals surface area contributed by atoms with Crippen LogP contribution < -0.4 is 5.73 Å². The van der Waals surface area contributed by atoms with Gasteiger partial charge in [0.2, 0.25) is 0 Å². The summed E-state index contributed by atoms with van der Waals surface area (Å²) < 4.78 is 13.2. The number of benzene rings is 1. The molecule has 1 saturated carbocycles. The van der Waals surface area contributed by atoms with Gasteiger partial charge < -0.3 is 10.6 Å². The van der Waals surface area contributed by atoms with E-state index in [1.165, 1.54) is 31.7 Å². The van der Waals surface area contributed by atoms with E-state index in [0.29, 0.717) is 11.5 Å². The molecule has 2 N–H and O–H groups in total. The van der Waals surface area contributed by atoms with E-state index in [1.54, 1.807) is 12.1 Å². The Morgan fingerprint density at radius 1 is 1.33 bits per heavy atom. The monoisotopic (exact) mass is 292 g/mol. The van der Waals surface area contributed by atoms with Crippen LogP contribution in [0.1, 0.15) is 57.6 Å². The van der Waals surface area contributed by atoms with Gasteiger partial charge in [-0.15, -0.1) is 0 Å². The predicted octanol–water partition coefficient (Wildman–Crippen LogP) is 4.12. The van der Waals surface area contributed by atoms with E-state index >= 15 is 0 Å². The van der Waals surface area contributed by atoms with Crippen molar-refractivity contribution in [1.82, 2.24) is 4.90 Å². The first kappa shape index (κ1) is 16.4. The second kappa shape index (κ2) is 6.89. The van der Waals surface area contributed by atoms with Crippen molar-refractivity contribution in [2.45, 2.75) is 58.0 Å². The molecule has 0 heterocycles. The average molecular weight is 292 g/mol. The fourth-order valence-electron chi connectivity index (χ4n) is 3.25. The van der Waals surface area contributed by atoms with E-state index < -0.39 is 0 Å². The van der Waals surface area contributed by atoms with Gasteiger partial charge in [0.15, 0.2) is 0 Å². The van der Waals surface area contributed by atoms with Crippen LogP contribution in [0.5, 0.6) is 0 Å². The molecule has 0 bridgehead atoms. The number of hydrogen-bond donors (Lipinski definition) is 1. The third-order valence-corrected chi connectivity index (χ3v) is 5.00. The highest BCUT2D eigenvalue weighted by Crippen LogP contribution is 2.36. The summed E-state index contributed by atoms with van der Waals surface area (Å²) in [5.74, 6) is -0.203. The molecule has 118 valence electrons. The fourth-order valence-corrected chi connectivity index (χ4v) is 3.25. The molecule has 3 heteroatoms. The molecule has 1 unspecified atom stereocenters. The highest BCUT2D eigenvalue weighted by atomic mass is 19.1. The van der Waals surface area contributed by atoms with Crippen molar-refractivity contribution in [3.05, 3.63) is 35.6 Å². The van der Waals surface area contributed by atoms with Crippen LogP contribution in [0, 0.1) is 11.2 Å². The number of hydrogen-bond acceptors (Lipinski definition) is 2. The largest absolute Gasteiger partial charge is 0.324 e. The number of nitrogens with zero attached hydrogens (tertiary/aromatic N) is 1. The zero-order valence-corrected chi connectivity index (χ0v) is 13.6. The van der Waals surface area contributed by atoms with Crippen LogP contribution in [-0.2, 0) is 0 Å². The molecule has 0 aliphatic heterocycles. The number of nitrogens with two attached hydrogens (primary N) is 1. The molecule has 1 aliphatic rings. The van der Waals surface area contributed by atoms with Crippen molar-refractivity contribution in [1.29, 1.82) is 0 Å². The summed E-state index contributed by atoms with van der Waals surface area (Å²) in [4.78, 5) is 2.44. The van der Waals surface area contributed by atoms with Crippen molar-refractivity contribution >= 4 is 0 Å². The van der Waals surface area contributed by atoms with Crippen molar-refractivity contribution < 1.29 is 4.39 Å². The van der Waals surface area contributed by atoms with Crippen LogP contribution in [0.2, 0.25) is 0 Å². The second-order valence-corrected chi connectivity index (χ2v) is 7.33. The molecular weight excluding hydrogens is 263 g/mol. The van der Waals surface area contributed by atoms with Crippen LogP contribution in [0.3, 0.4) is 0 Å². The van der Waals surface area contributed by atoms with Crippen molar-refractivity contribution in [3.8, 4) is 0 Å². The number of halogens is 1. The highest BCUT2D eigenvalue weighted by molar-refractivity contribution is 5.19. The molecule has 1 fully saturated rings. The van der Waals surface area contributed by atoms with Gasteiger partial charge in [0.1, 0.15) is 5.82 Å². The lowest BCUT2D eigenvalue weighted by molar-refractivity contribution is 0.125. The zero-order valence-electron chi connectivity index (χ0n) is 13.6. The Bertz CT molecular complexity index is 448. The Balaban J connectivity index is 1.80. The molecule has 2 nitrogen and oxygen atoms in total. The van der Waals surface area contributed by atoms with Crippen LogP contribution in [0.25, 0.3) is 0 Å². The quantitative estimate of drug-likeness (QED) is 0.884. The Morgan fingerprint density at radius 2 is 2.00 bits per heavy atom. The minimum atomic E-state index is -0.203. The van der Waals surface area contributed by atoms with Crippen LogP contribution in [-0.4, -0.2) is 24.5 Å². The van der Waals surface area contributed by atoms with Crippen molar-refractivity contribution in [2.24, 2.45) is 11.1 Å². The summed E-state index contributed by atoms with van der Waals surface area (Å²) in [6, 6.07) is 7.26. The first-order valence-electron chi connectivity index (χ1n) is 8.09. The zero-order chi connectivity index (χ0) is 15.5. The molecule has 1 atom stereocenters. The molecule has 1 aliphatic carbocycles. The summed E-state index contributed by atoms with van der Waals surface area (Å²) in [5.41, 5.74) is 7.60. The lowest BCUT2D eigenvalue weighted by Gasteiger charge is -2.39. The topological polar surface area (TPSA) is 29.3 Å². The molecule has 2 rings (SSSR count). The van der Waals surface area contributed by atoms with Gasteiger partial charge in [-0.3, -0.25) is 0 Å². The molecule has 1 aromatic rings. The Hall–Kier alpha value is -0.930. The molecule has 0 aromatic heterocycles. The summed E-state index contributed by atoms with van der Waals surface area (Å²) >= 11 is 0. The lowest BCUT2D eigenvalue weighted by Crippen LogP contribution is -2.38. The normalized spacial score (nSPS) is 20.7. The maximum Gasteiger partial charge on any atom is 0.123 e. The Kier molecular flexibility index (Phi) is 5.39. The van der Waals surface area contributed by atoms with E-state index in [2.05, 4.69) is 25.8 Å². The van der Waals surface area contributed by atoms with Crippen LogP contribution in [0.15, 0.2) is 24.3 Å². The summed E-state index contributed by atoms with van der Waals surface area (Å²) in [5, 5.41) is 0. The van der Waals surface area contributed by atoms with Gasteiger partial charge in [-0.1, -0.05) is 26.0 Å². The highest BCUT2D eigenvalue weighted by Gasteiger charge is 2.28. The summed E-state index contributed by atoms with van der Waals surface area (Å²) in [6.07, 6.45) is 6.03. The summed E-state index contributed by atoms with van der Waals surface area (Å²) in [7, 11) is 2.20. The van der Waals surface area contributed by atoms with Crippen LogP contribution >= 0.6 is 0 Å². The van der Waals surface area contributed by atoms with Gasteiger partial charge in [-0.25, -0.2) is 4.39 Å². The van der Waals surface area contributed by atoms with E-state index in [0.717, 1.165) is 18.5 Å². The summed E-state index contributed by atoms with van der Waals surface area (Å²) in [6.45, 7) is 5.70. The fraction of sp³-hybridized carbons (Fsp3) is 0.667. The van der Waals surface area contributed by atoms with E-state index in [9.17, 15) is 4.39 Å². The van der Waals surface area contributed by atoms with Gasteiger partial charge in [0, 0.05) is 12.1 Å². The van der Waals surface area contributed by atoms with Gasteiger partial charge in [0.25, 0.3) is 0 Å². The van der Waals surface area contributed by atoms with E-state index in [-0.39, 0.29) is 11.9 Å². The first-order chi connectivity index (χ1) is 9.87. The van der Waals surface area contributed by atoms with E-state index in [4.69, 9.17) is 5.73 Å². The second-order valence-electron chi connectivity index (χ2n) is 7.33. The van der Waals surface area contributed by atoms with Crippen molar-refractivity contribution in [3.63, 3.8) is 0 Å². The van der Waals surface area contributed by atoms with Gasteiger partial charge in [0.05, 0.1) is 0 Å². The molecule has 0 radical (unpaired) electrons. The average Bonchev–Trinajstić information content (AvgIpc) is 2.44. The standard InChI is InChI=1S/C18H29FN2/c1-18(2)10-7-16(8-11-18)21(3)12-9-17(20)14-5-4-6-15(19)13-14/h4-6,13,16-17H,7-12,20H2,1-3H3. The molecular formula is C18H29FN2. The Morgan fingerprint density at radius 3 is 2.62 bits per heavy atom. The molecule has 1 aromatic carbocycles. The van der Waals surface area contributed by atoms with Gasteiger partial charge >= 0.3 is 0 Å². The maximum absolute atomic E-state index is 13.2. The lowest BCUT2D eigenvalue weighted by atomic mass is 9.75. The molecule has 21 heavy (non-hydrogen) atoms. The Labute approximate surface area is 128 Å². The van der Waals surface area contributed by atoms with Gasteiger partial charge in [-0.2, -0.15) is 0 Å². The molecule has 0 saturated heterocycles. The third kappa shape index (κ3) is 4.79. The first-order valence-corrected chi connectivity index (χ1v) is 8.09. The maximum atomic E-state index is 13.2. The molecule has 0 spiro atoms. The number of rotatable bonds is 5. The SMILES string of the molecule is CN(CCC(N)c1cccc(F)c1)C1CCC(C)(C)CC1. The van der Waals surface area contributed by atoms with Crippen molar-refractivity contribution in [2.75, 3.05) is 13.6 Å².